The predicted molar refractivity (Wildman–Crippen MR) is 123 cm³/mol. The average Bonchev–Trinajstić information content (AvgIpc) is 2.93. The number of halogens is 1. The van der Waals surface area contributed by atoms with Crippen LogP contribution in [0.2, 0.25) is 0 Å². The van der Waals surface area contributed by atoms with Gasteiger partial charge in [-0.3, -0.25) is 9.89 Å². The molecule has 28 heavy (non-hydrogen) atoms. The first-order valence-corrected chi connectivity index (χ1v) is 9.54. The summed E-state index contributed by atoms with van der Waals surface area (Å²) >= 11 is 0. The van der Waals surface area contributed by atoms with Crippen molar-refractivity contribution in [2.45, 2.75) is 19.4 Å². The smallest absolute Gasteiger partial charge is 0.193 e. The summed E-state index contributed by atoms with van der Waals surface area (Å²) in [5, 5.41) is 3.14. The molecule has 0 atom stereocenters. The van der Waals surface area contributed by atoms with E-state index in [4.69, 9.17) is 15.2 Å². The number of nitrogens with one attached hydrogen (secondary N) is 1. The van der Waals surface area contributed by atoms with Gasteiger partial charge in [0.05, 0.1) is 19.8 Å². The van der Waals surface area contributed by atoms with Crippen LogP contribution >= 0.6 is 24.0 Å². The van der Waals surface area contributed by atoms with Gasteiger partial charge < -0.3 is 20.5 Å². The van der Waals surface area contributed by atoms with Crippen LogP contribution in [0.3, 0.4) is 0 Å². The molecule has 0 saturated heterocycles. The van der Waals surface area contributed by atoms with Crippen LogP contribution in [0.1, 0.15) is 17.5 Å². The molecule has 0 radical (unpaired) electrons. The summed E-state index contributed by atoms with van der Waals surface area (Å²) in [6.45, 7) is 4.98. The largest absolute Gasteiger partial charge is 0.490 e. The third-order valence-corrected chi connectivity index (χ3v) is 4.93. The Kier molecular flexibility index (Phi) is 7.38. The van der Waals surface area contributed by atoms with Gasteiger partial charge in [0.2, 0.25) is 0 Å². The van der Waals surface area contributed by atoms with Crippen LogP contribution in [0.4, 0.5) is 5.69 Å². The molecule has 2 aliphatic rings. The summed E-state index contributed by atoms with van der Waals surface area (Å²) in [6.07, 6.45) is 1.99. The highest BCUT2D eigenvalue weighted by molar-refractivity contribution is 14.0. The van der Waals surface area contributed by atoms with Gasteiger partial charge in [0, 0.05) is 37.8 Å². The van der Waals surface area contributed by atoms with Crippen LogP contribution < -0.4 is 20.5 Å². The van der Waals surface area contributed by atoms with Crippen molar-refractivity contribution in [1.82, 2.24) is 4.90 Å². The first-order valence-electron chi connectivity index (χ1n) is 9.54. The van der Waals surface area contributed by atoms with Crippen molar-refractivity contribution >= 4 is 35.6 Å². The zero-order valence-electron chi connectivity index (χ0n) is 15.9. The third-order valence-electron chi connectivity index (χ3n) is 4.93. The summed E-state index contributed by atoms with van der Waals surface area (Å²) in [5.74, 6) is 1.94. The van der Waals surface area contributed by atoms with Crippen LogP contribution in [0, 0.1) is 0 Å². The molecule has 0 spiro atoms. The molecule has 2 aliphatic heterocycles. The molecular weight excluding hydrogens is 467 g/mol. The van der Waals surface area contributed by atoms with Gasteiger partial charge in [-0.05, 0) is 29.7 Å². The van der Waals surface area contributed by atoms with Gasteiger partial charge in [0.15, 0.2) is 17.5 Å². The van der Waals surface area contributed by atoms with Gasteiger partial charge in [-0.15, -0.1) is 24.0 Å². The lowest BCUT2D eigenvalue weighted by Crippen LogP contribution is -2.33. The Balaban J connectivity index is 0.00000225. The maximum absolute atomic E-state index is 6.05. The second-order valence-electron chi connectivity index (χ2n) is 6.90. The van der Waals surface area contributed by atoms with Crippen LogP contribution in [0.5, 0.6) is 11.5 Å². The van der Waals surface area contributed by atoms with Gasteiger partial charge in [-0.25, -0.2) is 0 Å². The quantitative estimate of drug-likeness (QED) is 0.388. The molecule has 2 heterocycles. The van der Waals surface area contributed by atoms with Crippen molar-refractivity contribution < 1.29 is 9.47 Å². The minimum absolute atomic E-state index is 0. The molecule has 2 aromatic rings. The maximum atomic E-state index is 6.05. The molecule has 0 fully saturated rings. The number of rotatable bonds is 4. The number of fused-ring (bicyclic) bond motifs is 2. The molecule has 0 bridgehead atoms. The van der Waals surface area contributed by atoms with Gasteiger partial charge in [0.1, 0.15) is 0 Å². The van der Waals surface area contributed by atoms with E-state index < -0.39 is 0 Å². The molecule has 7 heteroatoms. The zero-order chi connectivity index (χ0) is 18.5. The molecular formula is C21H27IN4O2. The highest BCUT2D eigenvalue weighted by Gasteiger charge is 2.15. The van der Waals surface area contributed by atoms with Crippen LogP contribution in [0.15, 0.2) is 47.5 Å². The SMILES string of the molecule is I.NC(=NCCN1CCc2ccccc2C1)Nc1ccc2c(c1)OCCCO2. The molecule has 0 amide bonds. The molecule has 0 saturated carbocycles. The van der Waals surface area contributed by atoms with Crippen molar-refractivity contribution in [3.8, 4) is 11.5 Å². The molecule has 6 nitrogen and oxygen atoms in total. The summed E-state index contributed by atoms with van der Waals surface area (Å²) in [7, 11) is 0. The number of aliphatic imine (C=N–C) groups is 1. The van der Waals surface area contributed by atoms with Crippen molar-refractivity contribution in [3.05, 3.63) is 53.6 Å². The van der Waals surface area contributed by atoms with E-state index in [1.807, 2.05) is 18.2 Å². The monoisotopic (exact) mass is 494 g/mol. The van der Waals surface area contributed by atoms with Gasteiger partial charge in [-0.2, -0.15) is 0 Å². The second-order valence-corrected chi connectivity index (χ2v) is 6.90. The van der Waals surface area contributed by atoms with E-state index in [1.54, 1.807) is 0 Å². The molecule has 150 valence electrons. The highest BCUT2D eigenvalue weighted by Crippen LogP contribution is 2.32. The fourth-order valence-electron chi connectivity index (χ4n) is 3.49. The standard InChI is InChI=1S/C21H26N4O2.HI/c22-21(24-18-6-7-19-20(14-18)27-13-3-12-26-19)23-9-11-25-10-8-16-4-1-2-5-17(16)15-25;/h1-2,4-7,14H,3,8-13,15H2,(H3,22,23,24);1H. The minimum atomic E-state index is 0. The number of guanidine groups is 1. The Labute approximate surface area is 183 Å². The third kappa shape index (κ3) is 5.29. The lowest BCUT2D eigenvalue weighted by molar-refractivity contribution is 0.262. The van der Waals surface area contributed by atoms with Crippen molar-refractivity contribution in [3.63, 3.8) is 0 Å². The number of hydrogen-bond acceptors (Lipinski definition) is 4. The normalized spacial score (nSPS) is 16.5. The molecule has 3 N–H and O–H groups in total. The summed E-state index contributed by atoms with van der Waals surface area (Å²) in [5.41, 5.74) is 9.80. The number of nitrogens with zero attached hydrogens (tertiary/aromatic N) is 2. The lowest BCUT2D eigenvalue weighted by atomic mass is 10.0. The molecule has 4 rings (SSSR count). The highest BCUT2D eigenvalue weighted by atomic mass is 127. The van der Waals surface area contributed by atoms with Crippen LogP contribution in [-0.4, -0.2) is 43.7 Å². The van der Waals surface area contributed by atoms with Gasteiger partial charge >= 0.3 is 0 Å². The summed E-state index contributed by atoms with van der Waals surface area (Å²) < 4.78 is 11.4. The Morgan fingerprint density at radius 3 is 2.71 bits per heavy atom. The molecule has 2 aromatic carbocycles. The van der Waals surface area contributed by atoms with E-state index in [0.29, 0.717) is 25.7 Å². The Hall–Kier alpha value is -2.00. The van der Waals surface area contributed by atoms with E-state index in [9.17, 15) is 0 Å². The van der Waals surface area contributed by atoms with Crippen LogP contribution in [0.25, 0.3) is 0 Å². The number of benzene rings is 2. The van der Waals surface area contributed by atoms with Gasteiger partial charge in [0.25, 0.3) is 0 Å². The molecule has 0 aromatic heterocycles. The first kappa shape index (κ1) is 20.7. The number of nitrogens with two attached hydrogens (primary N) is 1. The maximum Gasteiger partial charge on any atom is 0.193 e. The topological polar surface area (TPSA) is 72.1 Å². The number of hydrogen-bond donors (Lipinski definition) is 2. The van der Waals surface area contributed by atoms with Crippen molar-refractivity contribution in [2.24, 2.45) is 10.7 Å². The average molecular weight is 494 g/mol. The number of ether oxygens (including phenoxy) is 2. The summed E-state index contributed by atoms with van der Waals surface area (Å²) in [4.78, 5) is 6.89. The van der Waals surface area contributed by atoms with Crippen molar-refractivity contribution in [2.75, 3.05) is 38.2 Å². The van der Waals surface area contributed by atoms with E-state index in [2.05, 4.69) is 39.5 Å². The van der Waals surface area contributed by atoms with E-state index >= 15 is 0 Å². The summed E-state index contributed by atoms with van der Waals surface area (Å²) in [6, 6.07) is 14.4. The minimum Gasteiger partial charge on any atom is -0.490 e. The fraction of sp³-hybridized carbons (Fsp3) is 0.381. The van der Waals surface area contributed by atoms with E-state index in [-0.39, 0.29) is 24.0 Å². The zero-order valence-corrected chi connectivity index (χ0v) is 18.2. The second kappa shape index (κ2) is 9.97. The Morgan fingerprint density at radius 2 is 1.86 bits per heavy atom. The Bertz CT molecular complexity index is 828. The lowest BCUT2D eigenvalue weighted by Gasteiger charge is -2.28. The van der Waals surface area contributed by atoms with Crippen molar-refractivity contribution in [1.29, 1.82) is 0 Å². The molecule has 0 unspecified atom stereocenters. The first-order chi connectivity index (χ1) is 13.3. The van der Waals surface area contributed by atoms with E-state index in [1.165, 1.54) is 11.1 Å². The predicted octanol–water partition coefficient (Wildman–Crippen LogP) is 3.25. The van der Waals surface area contributed by atoms with Crippen LogP contribution in [-0.2, 0) is 13.0 Å². The van der Waals surface area contributed by atoms with Gasteiger partial charge in [-0.1, -0.05) is 24.3 Å². The number of anilines is 1. The Morgan fingerprint density at radius 1 is 1.07 bits per heavy atom. The fourth-order valence-corrected chi connectivity index (χ4v) is 3.49. The molecule has 0 aliphatic carbocycles. The van der Waals surface area contributed by atoms with E-state index in [0.717, 1.165) is 49.7 Å².